The fourth-order valence-electron chi connectivity index (χ4n) is 2.34. The fourth-order valence-corrected chi connectivity index (χ4v) is 2.46. The summed E-state index contributed by atoms with van der Waals surface area (Å²) in [4.78, 5) is 13.9. The van der Waals surface area contributed by atoms with Crippen LogP contribution in [-0.2, 0) is 4.79 Å². The van der Waals surface area contributed by atoms with E-state index in [0.29, 0.717) is 18.0 Å². The second kappa shape index (κ2) is 5.59. The zero-order valence-corrected chi connectivity index (χ0v) is 11.0. The van der Waals surface area contributed by atoms with E-state index >= 15 is 0 Å². The molecular formula is C13H17ClN2O2. The van der Waals surface area contributed by atoms with Gasteiger partial charge in [-0.1, -0.05) is 11.6 Å². The summed E-state index contributed by atoms with van der Waals surface area (Å²) < 4.78 is 0. The van der Waals surface area contributed by atoms with Crippen LogP contribution in [0.5, 0.6) is 0 Å². The third kappa shape index (κ3) is 2.60. The van der Waals surface area contributed by atoms with Gasteiger partial charge in [0.25, 0.3) is 0 Å². The van der Waals surface area contributed by atoms with Crippen LogP contribution in [0, 0.1) is 0 Å². The van der Waals surface area contributed by atoms with Crippen LogP contribution in [0.3, 0.4) is 0 Å². The molecule has 2 rings (SSSR count). The van der Waals surface area contributed by atoms with Gasteiger partial charge >= 0.3 is 0 Å². The number of nitrogens with zero attached hydrogens (tertiary/aromatic N) is 1. The van der Waals surface area contributed by atoms with Crippen LogP contribution < -0.4 is 10.2 Å². The summed E-state index contributed by atoms with van der Waals surface area (Å²) in [5.74, 6) is -0.0305. The van der Waals surface area contributed by atoms with E-state index in [1.54, 1.807) is 0 Å². The average Bonchev–Trinajstić information content (AvgIpc) is 2.36. The number of benzene rings is 1. The molecule has 1 saturated heterocycles. The summed E-state index contributed by atoms with van der Waals surface area (Å²) in [7, 11) is 0. The molecule has 18 heavy (non-hydrogen) atoms. The molecule has 2 unspecified atom stereocenters. The maximum absolute atomic E-state index is 11.9. The molecule has 0 spiro atoms. The molecule has 2 atom stereocenters. The number of aliphatic hydroxyl groups is 1. The molecule has 4 nitrogen and oxygen atoms in total. The lowest BCUT2D eigenvalue weighted by molar-refractivity contribution is -0.124. The molecule has 98 valence electrons. The Balaban J connectivity index is 2.30. The maximum Gasteiger partial charge on any atom is 0.242 e. The molecule has 0 aromatic heterocycles. The topological polar surface area (TPSA) is 52.6 Å². The van der Waals surface area contributed by atoms with Crippen molar-refractivity contribution in [3.63, 3.8) is 0 Å². The first-order chi connectivity index (χ1) is 8.63. The number of anilines is 1. The minimum Gasteiger partial charge on any atom is -0.396 e. The summed E-state index contributed by atoms with van der Waals surface area (Å²) in [5.41, 5.74) is 0.959. The number of amides is 1. The Morgan fingerprint density at radius 1 is 1.44 bits per heavy atom. The van der Waals surface area contributed by atoms with E-state index in [0.717, 1.165) is 5.69 Å². The summed E-state index contributed by atoms with van der Waals surface area (Å²) in [6, 6.07) is 7.31. The van der Waals surface area contributed by atoms with E-state index < -0.39 is 0 Å². The van der Waals surface area contributed by atoms with Crippen molar-refractivity contribution in [3.8, 4) is 0 Å². The standard InChI is InChI=1S/C13H17ClN2O2/c1-9-8-15-13(18)12(6-7-17)16(9)11-4-2-10(14)3-5-11/h2-5,9,12,17H,6-8H2,1H3,(H,15,18). The van der Waals surface area contributed by atoms with Gasteiger partial charge in [0.15, 0.2) is 0 Å². The molecule has 1 aliphatic heterocycles. The van der Waals surface area contributed by atoms with Crippen molar-refractivity contribution in [1.82, 2.24) is 5.32 Å². The molecular weight excluding hydrogens is 252 g/mol. The SMILES string of the molecule is CC1CNC(=O)C(CCO)N1c1ccc(Cl)cc1. The van der Waals surface area contributed by atoms with Crippen molar-refractivity contribution < 1.29 is 9.90 Å². The molecule has 0 radical (unpaired) electrons. The third-order valence-electron chi connectivity index (χ3n) is 3.21. The fraction of sp³-hybridized carbons (Fsp3) is 0.462. The van der Waals surface area contributed by atoms with Crippen molar-refractivity contribution >= 4 is 23.2 Å². The Morgan fingerprint density at radius 2 is 2.11 bits per heavy atom. The van der Waals surface area contributed by atoms with E-state index in [-0.39, 0.29) is 24.6 Å². The van der Waals surface area contributed by atoms with Crippen LogP contribution >= 0.6 is 11.6 Å². The molecule has 1 aromatic carbocycles. The van der Waals surface area contributed by atoms with Gasteiger partial charge in [-0.15, -0.1) is 0 Å². The van der Waals surface area contributed by atoms with Crippen LogP contribution in [0.4, 0.5) is 5.69 Å². The Hall–Kier alpha value is -1.26. The van der Waals surface area contributed by atoms with Gasteiger partial charge in [0.05, 0.1) is 0 Å². The van der Waals surface area contributed by atoms with Crippen molar-refractivity contribution in [3.05, 3.63) is 29.3 Å². The molecule has 5 heteroatoms. The number of piperazine rings is 1. The first-order valence-corrected chi connectivity index (χ1v) is 6.43. The number of nitrogens with one attached hydrogen (secondary N) is 1. The number of hydrogen-bond acceptors (Lipinski definition) is 3. The van der Waals surface area contributed by atoms with Gasteiger partial charge < -0.3 is 15.3 Å². The molecule has 2 N–H and O–H groups in total. The van der Waals surface area contributed by atoms with Crippen LogP contribution in [0.15, 0.2) is 24.3 Å². The Kier molecular flexibility index (Phi) is 4.09. The predicted octanol–water partition coefficient (Wildman–Crippen LogP) is 1.42. The van der Waals surface area contributed by atoms with Gasteiger partial charge in [-0.2, -0.15) is 0 Å². The number of halogens is 1. The minimum absolute atomic E-state index is 0.00506. The number of carbonyl (C=O) groups excluding carboxylic acids is 1. The van der Waals surface area contributed by atoms with Crippen molar-refractivity contribution in [2.45, 2.75) is 25.4 Å². The first-order valence-electron chi connectivity index (χ1n) is 6.06. The van der Waals surface area contributed by atoms with Gasteiger partial charge in [-0.25, -0.2) is 0 Å². The smallest absolute Gasteiger partial charge is 0.242 e. The monoisotopic (exact) mass is 268 g/mol. The highest BCUT2D eigenvalue weighted by Crippen LogP contribution is 2.25. The zero-order chi connectivity index (χ0) is 13.1. The van der Waals surface area contributed by atoms with Crippen molar-refractivity contribution in [1.29, 1.82) is 0 Å². The van der Waals surface area contributed by atoms with E-state index in [9.17, 15) is 4.79 Å². The van der Waals surface area contributed by atoms with E-state index in [1.807, 2.05) is 29.2 Å². The lowest BCUT2D eigenvalue weighted by Crippen LogP contribution is -2.60. The van der Waals surface area contributed by atoms with Crippen LogP contribution in [0.1, 0.15) is 13.3 Å². The van der Waals surface area contributed by atoms with Crippen LogP contribution in [-0.4, -0.2) is 36.2 Å². The summed E-state index contributed by atoms with van der Waals surface area (Å²) in [6.07, 6.45) is 0.429. The number of carbonyl (C=O) groups is 1. The average molecular weight is 269 g/mol. The van der Waals surface area contributed by atoms with Gasteiger partial charge in [0, 0.05) is 29.9 Å². The molecule has 1 aromatic rings. The second-order valence-electron chi connectivity index (χ2n) is 4.51. The minimum atomic E-state index is -0.320. The van der Waals surface area contributed by atoms with Crippen LogP contribution in [0.25, 0.3) is 0 Å². The van der Waals surface area contributed by atoms with Crippen molar-refractivity contribution in [2.24, 2.45) is 0 Å². The van der Waals surface area contributed by atoms with E-state index in [4.69, 9.17) is 16.7 Å². The molecule has 0 saturated carbocycles. The molecule has 1 fully saturated rings. The molecule has 0 aliphatic carbocycles. The highest BCUT2D eigenvalue weighted by Gasteiger charge is 2.33. The number of rotatable bonds is 3. The zero-order valence-electron chi connectivity index (χ0n) is 10.3. The Bertz CT molecular complexity index is 422. The van der Waals surface area contributed by atoms with Gasteiger partial charge in [0.1, 0.15) is 6.04 Å². The second-order valence-corrected chi connectivity index (χ2v) is 4.94. The van der Waals surface area contributed by atoms with E-state index in [2.05, 4.69) is 12.2 Å². The first kappa shape index (κ1) is 13.2. The maximum atomic E-state index is 11.9. The quantitative estimate of drug-likeness (QED) is 0.872. The lowest BCUT2D eigenvalue weighted by Gasteiger charge is -2.41. The summed E-state index contributed by atoms with van der Waals surface area (Å²) in [5, 5.41) is 12.6. The highest BCUT2D eigenvalue weighted by molar-refractivity contribution is 6.30. The normalized spacial score (nSPS) is 23.9. The number of hydrogen-bond donors (Lipinski definition) is 2. The van der Waals surface area contributed by atoms with Gasteiger partial charge in [-0.05, 0) is 37.6 Å². The summed E-state index contributed by atoms with van der Waals surface area (Å²) in [6.45, 7) is 2.66. The van der Waals surface area contributed by atoms with Crippen LogP contribution in [0.2, 0.25) is 5.02 Å². The lowest BCUT2D eigenvalue weighted by atomic mass is 10.0. The van der Waals surface area contributed by atoms with Gasteiger partial charge in [-0.3, -0.25) is 4.79 Å². The predicted molar refractivity (Wildman–Crippen MR) is 71.9 cm³/mol. The highest BCUT2D eigenvalue weighted by atomic mass is 35.5. The van der Waals surface area contributed by atoms with Gasteiger partial charge in [0.2, 0.25) is 5.91 Å². The largest absolute Gasteiger partial charge is 0.396 e. The Morgan fingerprint density at radius 3 is 2.72 bits per heavy atom. The molecule has 1 aliphatic rings. The Labute approximate surface area is 112 Å². The summed E-state index contributed by atoms with van der Waals surface area (Å²) >= 11 is 5.88. The van der Waals surface area contributed by atoms with Crippen molar-refractivity contribution in [2.75, 3.05) is 18.1 Å². The third-order valence-corrected chi connectivity index (χ3v) is 3.46. The molecule has 1 heterocycles. The molecule has 0 bridgehead atoms. The molecule has 1 amide bonds. The number of aliphatic hydroxyl groups excluding tert-OH is 1. The van der Waals surface area contributed by atoms with E-state index in [1.165, 1.54) is 0 Å².